The minimum atomic E-state index is -0.366. The molecule has 2 rings (SSSR count). The van der Waals surface area contributed by atoms with E-state index in [1.54, 1.807) is 12.1 Å². The molecule has 1 saturated heterocycles. The van der Waals surface area contributed by atoms with Crippen LogP contribution in [0.5, 0.6) is 5.75 Å². The third-order valence-electron chi connectivity index (χ3n) is 2.93. The van der Waals surface area contributed by atoms with Gasteiger partial charge in [0, 0.05) is 5.56 Å². The van der Waals surface area contributed by atoms with Gasteiger partial charge in [0.05, 0.1) is 18.1 Å². The zero-order valence-electron chi connectivity index (χ0n) is 9.79. The quantitative estimate of drug-likeness (QED) is 0.770. The van der Waals surface area contributed by atoms with Gasteiger partial charge in [0.1, 0.15) is 6.61 Å². The summed E-state index contributed by atoms with van der Waals surface area (Å²) in [5.74, 6) is 0.134. The minimum absolute atomic E-state index is 0.0628. The number of alkyl halides is 1. The van der Waals surface area contributed by atoms with Crippen molar-refractivity contribution in [3.63, 3.8) is 0 Å². The van der Waals surface area contributed by atoms with Gasteiger partial charge in [-0.05, 0) is 25.8 Å². The smallest absolute Gasteiger partial charge is 0.165 e. The summed E-state index contributed by atoms with van der Waals surface area (Å²) in [7, 11) is 0. The summed E-state index contributed by atoms with van der Waals surface area (Å²) in [6.07, 6.45) is 2.34. The van der Waals surface area contributed by atoms with Crippen LogP contribution < -0.4 is 4.74 Å². The van der Waals surface area contributed by atoms with Crippen molar-refractivity contribution in [1.82, 2.24) is 0 Å². The number of ether oxygens (including phenoxy) is 2. The van der Waals surface area contributed by atoms with E-state index in [1.807, 2.05) is 6.92 Å². The second-order valence-corrected chi connectivity index (χ2v) is 4.59. The predicted molar refractivity (Wildman–Crippen MR) is 65.0 cm³/mol. The first-order valence-electron chi connectivity index (χ1n) is 5.82. The summed E-state index contributed by atoms with van der Waals surface area (Å²) in [5.41, 5.74) is 0.678. The van der Waals surface area contributed by atoms with Crippen LogP contribution in [0.3, 0.4) is 0 Å². The van der Waals surface area contributed by atoms with E-state index in [4.69, 9.17) is 21.1 Å². The maximum atomic E-state index is 13.6. The molecule has 1 aliphatic heterocycles. The SMILES string of the molecule is CC1CCC(COc2c(F)cccc2CCl)O1. The van der Waals surface area contributed by atoms with Crippen molar-refractivity contribution in [2.75, 3.05) is 6.61 Å². The summed E-state index contributed by atoms with van der Waals surface area (Å²) in [4.78, 5) is 0. The molecule has 17 heavy (non-hydrogen) atoms. The molecule has 1 aromatic rings. The van der Waals surface area contributed by atoms with Crippen LogP contribution in [0.2, 0.25) is 0 Å². The molecule has 0 amide bonds. The van der Waals surface area contributed by atoms with Gasteiger partial charge in [0.2, 0.25) is 0 Å². The molecule has 94 valence electrons. The molecule has 1 aromatic carbocycles. The number of hydrogen-bond donors (Lipinski definition) is 0. The van der Waals surface area contributed by atoms with Gasteiger partial charge in [-0.1, -0.05) is 12.1 Å². The average Bonchev–Trinajstić information content (AvgIpc) is 2.73. The topological polar surface area (TPSA) is 18.5 Å². The molecule has 0 N–H and O–H groups in total. The third-order valence-corrected chi connectivity index (χ3v) is 3.21. The first-order valence-corrected chi connectivity index (χ1v) is 6.35. The summed E-state index contributed by atoms with van der Waals surface area (Å²) >= 11 is 5.74. The van der Waals surface area contributed by atoms with E-state index in [1.165, 1.54) is 6.07 Å². The van der Waals surface area contributed by atoms with Crippen molar-refractivity contribution >= 4 is 11.6 Å². The van der Waals surface area contributed by atoms with E-state index >= 15 is 0 Å². The van der Waals surface area contributed by atoms with Gasteiger partial charge in [-0.25, -0.2) is 4.39 Å². The fourth-order valence-corrected chi connectivity index (χ4v) is 2.21. The molecule has 1 aliphatic rings. The Balaban J connectivity index is 1.98. The van der Waals surface area contributed by atoms with Crippen molar-refractivity contribution in [2.24, 2.45) is 0 Å². The van der Waals surface area contributed by atoms with Gasteiger partial charge in [-0.2, -0.15) is 0 Å². The maximum absolute atomic E-state index is 13.6. The first kappa shape index (κ1) is 12.7. The van der Waals surface area contributed by atoms with E-state index in [0.29, 0.717) is 12.2 Å². The minimum Gasteiger partial charge on any atom is -0.487 e. The molecule has 0 aromatic heterocycles. The van der Waals surface area contributed by atoms with Gasteiger partial charge in [-0.3, -0.25) is 0 Å². The lowest BCUT2D eigenvalue weighted by Gasteiger charge is -2.15. The number of para-hydroxylation sites is 1. The molecule has 2 nitrogen and oxygen atoms in total. The van der Waals surface area contributed by atoms with Crippen molar-refractivity contribution in [1.29, 1.82) is 0 Å². The number of hydrogen-bond acceptors (Lipinski definition) is 2. The van der Waals surface area contributed by atoms with Gasteiger partial charge in [0.25, 0.3) is 0 Å². The highest BCUT2D eigenvalue weighted by atomic mass is 35.5. The van der Waals surface area contributed by atoms with Gasteiger partial charge < -0.3 is 9.47 Å². The van der Waals surface area contributed by atoms with E-state index in [2.05, 4.69) is 0 Å². The number of halogens is 2. The molecule has 1 heterocycles. The molecule has 0 spiro atoms. The standard InChI is InChI=1S/C13H16ClFO2/c1-9-5-6-11(17-9)8-16-13-10(7-14)3-2-4-12(13)15/h2-4,9,11H,5-8H2,1H3. The van der Waals surface area contributed by atoms with Crippen molar-refractivity contribution < 1.29 is 13.9 Å². The highest BCUT2D eigenvalue weighted by Gasteiger charge is 2.23. The Labute approximate surface area is 106 Å². The molecule has 0 radical (unpaired) electrons. The summed E-state index contributed by atoms with van der Waals surface area (Å²) in [5, 5.41) is 0. The van der Waals surface area contributed by atoms with Crippen LogP contribution in [-0.2, 0) is 10.6 Å². The molecule has 1 fully saturated rings. The van der Waals surface area contributed by atoms with Crippen molar-refractivity contribution in [3.8, 4) is 5.75 Å². The van der Waals surface area contributed by atoms with Crippen LogP contribution in [0.1, 0.15) is 25.3 Å². The third kappa shape index (κ3) is 3.11. The van der Waals surface area contributed by atoms with Crippen LogP contribution >= 0.6 is 11.6 Å². The van der Waals surface area contributed by atoms with E-state index in [9.17, 15) is 4.39 Å². The van der Waals surface area contributed by atoms with Gasteiger partial charge >= 0.3 is 0 Å². The predicted octanol–water partition coefficient (Wildman–Crippen LogP) is 3.51. The molecular formula is C13H16ClFO2. The Morgan fingerprint density at radius 3 is 2.94 bits per heavy atom. The van der Waals surface area contributed by atoms with E-state index in [0.717, 1.165) is 12.8 Å². The van der Waals surface area contributed by atoms with E-state index < -0.39 is 0 Å². The summed E-state index contributed by atoms with van der Waals surface area (Å²) in [6, 6.07) is 4.78. The fourth-order valence-electron chi connectivity index (χ4n) is 2.00. The highest BCUT2D eigenvalue weighted by Crippen LogP contribution is 2.26. The summed E-state index contributed by atoms with van der Waals surface area (Å²) in [6.45, 7) is 2.42. The Kier molecular flexibility index (Phi) is 4.24. The summed E-state index contributed by atoms with van der Waals surface area (Å²) < 4.78 is 24.7. The second kappa shape index (κ2) is 5.69. The van der Waals surface area contributed by atoms with Crippen LogP contribution in [0, 0.1) is 5.82 Å². The molecule has 2 atom stereocenters. The largest absolute Gasteiger partial charge is 0.487 e. The van der Waals surface area contributed by atoms with Gasteiger partial charge in [0.15, 0.2) is 11.6 Å². The van der Waals surface area contributed by atoms with Crippen molar-refractivity contribution in [3.05, 3.63) is 29.6 Å². The maximum Gasteiger partial charge on any atom is 0.165 e. The van der Waals surface area contributed by atoms with Crippen LogP contribution in [0.25, 0.3) is 0 Å². The lowest BCUT2D eigenvalue weighted by atomic mass is 10.2. The Bertz CT molecular complexity index is 384. The molecular weight excluding hydrogens is 243 g/mol. The lowest BCUT2D eigenvalue weighted by molar-refractivity contribution is 0.0254. The fraction of sp³-hybridized carbons (Fsp3) is 0.538. The van der Waals surface area contributed by atoms with Crippen LogP contribution in [-0.4, -0.2) is 18.8 Å². The zero-order valence-corrected chi connectivity index (χ0v) is 10.5. The highest BCUT2D eigenvalue weighted by molar-refractivity contribution is 6.17. The lowest BCUT2D eigenvalue weighted by Crippen LogP contribution is -2.18. The molecule has 2 unspecified atom stereocenters. The molecule has 0 saturated carbocycles. The molecule has 0 aliphatic carbocycles. The van der Waals surface area contributed by atoms with Gasteiger partial charge in [-0.15, -0.1) is 11.6 Å². The molecule has 0 bridgehead atoms. The van der Waals surface area contributed by atoms with Crippen LogP contribution in [0.15, 0.2) is 18.2 Å². The Morgan fingerprint density at radius 1 is 1.47 bits per heavy atom. The Morgan fingerprint density at radius 2 is 2.29 bits per heavy atom. The Hall–Kier alpha value is -0.800. The van der Waals surface area contributed by atoms with E-state index in [-0.39, 0.29) is 29.7 Å². The van der Waals surface area contributed by atoms with Crippen molar-refractivity contribution in [2.45, 2.75) is 37.9 Å². The first-order chi connectivity index (χ1) is 8.20. The monoisotopic (exact) mass is 258 g/mol. The number of benzene rings is 1. The zero-order chi connectivity index (χ0) is 12.3. The van der Waals surface area contributed by atoms with Crippen LogP contribution in [0.4, 0.5) is 4.39 Å². The second-order valence-electron chi connectivity index (χ2n) is 4.32. The number of rotatable bonds is 4. The normalized spacial score (nSPS) is 23.9. The molecule has 4 heteroatoms. The average molecular weight is 259 g/mol.